The van der Waals surface area contributed by atoms with E-state index >= 15 is 0 Å². The van der Waals surface area contributed by atoms with E-state index in [0.29, 0.717) is 104 Å². The molecule has 0 radical (unpaired) electrons. The standard InChI is InChI=1S/2C18H22BNO5.C17H20BNO5.C16H18BNO5.C16H19BO6.C15H16BNO5/c1-12(2)11-24-18(22)16-7-3-5-13-9-14(19(23)25-17(13)16)10-15(21)6-4-8-20;1-2-3-10-24-18(22)16-8-4-6-13-11-14(19(23)25-17(13)16)12-15(21)7-5-9-20;1-2-9-23-17(21)15-7-3-5-12-10-13(18(22)24-16(12)15)11-14(20)6-4-8-19;1-2-22-16(20)14-7-3-5-11-9-12(17(21)23-15(11)14)10-13(19)6-4-8-18;1-9-3-5-11-7-12(8-13(19)6-4-10(2)18)17(22)23-15(11)14(9)16(20)21;1-21-15(19)13-6-2-4-10-8-11(16(20)22-14(10)13)9-12(18)5-3-7-17/h3,5,7,12,14,23H,4,6,9-11H2,1-2H3;4,6,8,14,23H,2-3,5,7,10-12H2,1H3;3,5,7,13,22H,2,4,6,9-11H2,1H3;3,5,7,12,21H,2,4,6,9-10H2,1H3;3,5,12,22H,4,6-8H2,1-2H3,(H,20,21);2,4,6,11,20H,3,5,8-9H2,1H3/t2*14-;13-;2*12-;11-/m111111/s1. The van der Waals surface area contributed by atoms with E-state index in [1.807, 2.05) is 76.2 Å². The number of methoxy groups -OCH3 is 1. The number of nitriles is 5. The Labute approximate surface area is 826 Å². The van der Waals surface area contributed by atoms with Gasteiger partial charge in [-0.3, -0.25) is 28.8 Å². The molecule has 0 aliphatic carbocycles. The van der Waals surface area contributed by atoms with Crippen molar-refractivity contribution in [3.8, 4) is 64.8 Å². The Hall–Kier alpha value is -13.8. The molecule has 42 heteroatoms. The fraction of sp³-hybridized carbons (Fsp3) is 0.460. The molecule has 0 bridgehead atoms. The number of benzene rings is 6. The lowest BCUT2D eigenvalue weighted by molar-refractivity contribution is -0.123. The first-order valence-electron chi connectivity index (χ1n) is 47.2. The Balaban J connectivity index is 0.000000231. The van der Waals surface area contributed by atoms with Crippen molar-refractivity contribution in [2.24, 2.45) is 5.92 Å². The summed E-state index contributed by atoms with van der Waals surface area (Å²) in [6.07, 6.45) is 7.88. The van der Waals surface area contributed by atoms with Crippen molar-refractivity contribution in [1.82, 2.24) is 0 Å². The fourth-order valence-corrected chi connectivity index (χ4v) is 16.1. The lowest BCUT2D eigenvalue weighted by Crippen LogP contribution is -2.36. The molecule has 6 aliphatic heterocycles. The number of ketones is 7. The van der Waals surface area contributed by atoms with Crippen LogP contribution in [-0.2, 0) is 95.8 Å². The summed E-state index contributed by atoms with van der Waals surface area (Å²) in [4.78, 5) is 153. The van der Waals surface area contributed by atoms with Crippen molar-refractivity contribution in [2.75, 3.05) is 33.5 Å². The number of rotatable bonds is 39. The zero-order valence-electron chi connectivity index (χ0n) is 80.9. The van der Waals surface area contributed by atoms with Gasteiger partial charge in [0.15, 0.2) is 0 Å². The monoisotopic (exact) mass is 1950 g/mol. The van der Waals surface area contributed by atoms with Crippen LogP contribution >= 0.6 is 0 Å². The van der Waals surface area contributed by atoms with Crippen molar-refractivity contribution in [3.63, 3.8) is 0 Å². The molecule has 0 fully saturated rings. The first-order valence-corrected chi connectivity index (χ1v) is 47.2. The van der Waals surface area contributed by atoms with Crippen molar-refractivity contribution in [2.45, 2.75) is 257 Å². The van der Waals surface area contributed by atoms with Gasteiger partial charge in [-0.15, -0.1) is 0 Å². The van der Waals surface area contributed by atoms with Gasteiger partial charge in [0.25, 0.3) is 0 Å². The highest BCUT2D eigenvalue weighted by molar-refractivity contribution is 6.49. The number of unbranched alkanes of at least 4 members (excludes halogenated alkanes) is 1. The van der Waals surface area contributed by atoms with Crippen LogP contribution in [0.3, 0.4) is 0 Å². The third kappa shape index (κ3) is 35.2. The Morgan fingerprint density at radius 2 is 0.627 bits per heavy atom. The maximum absolute atomic E-state index is 12.2. The van der Waals surface area contributed by atoms with Crippen LogP contribution in [0.15, 0.2) is 103 Å². The molecule has 12 rings (SSSR count). The van der Waals surface area contributed by atoms with Gasteiger partial charge in [0.05, 0.1) is 63.9 Å². The smallest absolute Gasteiger partial charge is 0.526 e. The number of para-hydroxylation sites is 5. The highest BCUT2D eigenvalue weighted by Gasteiger charge is 2.45. The average molecular weight is 1950 g/mol. The average Bonchev–Trinajstić information content (AvgIpc) is 0.782. The van der Waals surface area contributed by atoms with Gasteiger partial charge in [0.1, 0.15) is 108 Å². The van der Waals surface area contributed by atoms with E-state index < -0.39 is 84.3 Å². The molecular weight excluding hydrogens is 1830 g/mol. The number of nitrogens with zero attached hydrogens (tertiary/aromatic N) is 5. The molecule has 6 aromatic carbocycles. The number of ether oxygens (including phenoxy) is 5. The van der Waals surface area contributed by atoms with Crippen LogP contribution in [0, 0.1) is 69.5 Å². The second-order valence-corrected chi connectivity index (χ2v) is 35.1. The van der Waals surface area contributed by atoms with Crippen molar-refractivity contribution in [1.29, 1.82) is 26.3 Å². The number of fused-ring (bicyclic) bond motifs is 6. The number of aromatic carboxylic acids is 1. The first kappa shape index (κ1) is 115. The molecule has 6 heterocycles. The van der Waals surface area contributed by atoms with Gasteiger partial charge in [0, 0.05) is 150 Å². The third-order valence-corrected chi connectivity index (χ3v) is 23.4. The number of carboxylic acids is 1. The molecule has 6 aromatic rings. The van der Waals surface area contributed by atoms with E-state index in [-0.39, 0.29) is 231 Å². The summed E-state index contributed by atoms with van der Waals surface area (Å²) in [6.45, 7) is 13.8. The molecular formula is C100H117B6N5O31. The van der Waals surface area contributed by atoms with Crippen LogP contribution in [0.5, 0.6) is 34.5 Å². The van der Waals surface area contributed by atoms with Gasteiger partial charge < -0.3 is 91.7 Å². The summed E-state index contributed by atoms with van der Waals surface area (Å²) in [5.74, 6) is -4.49. The van der Waals surface area contributed by atoms with E-state index in [1.165, 1.54) is 14.0 Å². The van der Waals surface area contributed by atoms with Crippen molar-refractivity contribution < 1.29 is 149 Å². The number of carboxylic acid groups (broad SMARTS) is 1. The Morgan fingerprint density at radius 3 is 0.887 bits per heavy atom. The molecule has 0 unspecified atom stereocenters. The third-order valence-electron chi connectivity index (χ3n) is 23.4. The normalized spacial score (nSPS) is 16.0. The molecule has 0 saturated carbocycles. The summed E-state index contributed by atoms with van der Waals surface area (Å²) in [7, 11) is -5.78. The second-order valence-electron chi connectivity index (χ2n) is 35.1. The van der Waals surface area contributed by atoms with Crippen molar-refractivity contribution >= 4 is 119 Å². The minimum Gasteiger partial charge on any atom is -0.535 e. The number of Topliss-reactive ketones (excluding diaryl/α,β-unsaturated/α-hetero) is 7. The Morgan fingerprint density at radius 1 is 0.359 bits per heavy atom. The largest absolute Gasteiger partial charge is 0.535 e. The van der Waals surface area contributed by atoms with E-state index in [2.05, 4.69) is 4.74 Å². The molecule has 7 N–H and O–H groups in total. The Kier molecular flexibility index (Phi) is 47.9. The summed E-state index contributed by atoms with van der Waals surface area (Å²) >= 11 is 0. The highest BCUT2D eigenvalue weighted by Crippen LogP contribution is 2.44. The van der Waals surface area contributed by atoms with E-state index in [9.17, 15) is 97.6 Å². The Bertz CT molecular complexity index is 5690. The first-order chi connectivity index (χ1) is 68.0. The van der Waals surface area contributed by atoms with Crippen LogP contribution in [-0.4, -0.2) is 188 Å². The van der Waals surface area contributed by atoms with Gasteiger partial charge >= 0.3 is 78.5 Å². The minimum atomic E-state index is -1.23. The summed E-state index contributed by atoms with van der Waals surface area (Å²) in [5.41, 5.74) is 6.49. The molecule has 0 spiro atoms. The second kappa shape index (κ2) is 59.1. The van der Waals surface area contributed by atoms with E-state index in [4.69, 9.17) is 73.2 Å². The zero-order valence-corrected chi connectivity index (χ0v) is 80.9. The maximum Gasteiger partial charge on any atom is 0.526 e. The highest BCUT2D eigenvalue weighted by atomic mass is 16.6. The van der Waals surface area contributed by atoms with E-state index in [1.54, 1.807) is 98.8 Å². The van der Waals surface area contributed by atoms with Gasteiger partial charge in [-0.1, -0.05) is 107 Å². The van der Waals surface area contributed by atoms with Crippen LogP contribution in [0.25, 0.3) is 0 Å². The van der Waals surface area contributed by atoms with E-state index in [0.717, 1.165) is 47.1 Å². The zero-order chi connectivity index (χ0) is 104. The van der Waals surface area contributed by atoms with Crippen LogP contribution < -0.4 is 27.9 Å². The number of hydrogen-bond donors (Lipinski definition) is 7. The predicted octanol–water partition coefficient (Wildman–Crippen LogP) is 12.8. The summed E-state index contributed by atoms with van der Waals surface area (Å²) in [5, 5.41) is 113. The number of hydrogen-bond acceptors (Lipinski definition) is 35. The predicted molar refractivity (Wildman–Crippen MR) is 517 cm³/mol. The fourth-order valence-electron chi connectivity index (χ4n) is 16.1. The van der Waals surface area contributed by atoms with Crippen molar-refractivity contribution in [3.05, 3.63) is 175 Å². The lowest BCUT2D eigenvalue weighted by atomic mass is 9.64. The molecule has 36 nitrogen and oxygen atoms in total. The molecule has 0 aromatic heterocycles. The number of carbonyl (C=O) groups is 13. The molecule has 142 heavy (non-hydrogen) atoms. The molecule has 6 aliphatic rings. The number of aryl methyl sites for hydroxylation is 1. The SMILES string of the molecule is CC(=O)CCC(=O)C[C@H]1Cc2ccc(C)c(C(=O)O)c2OB1O.CC(C)COC(=O)c1cccc2c1OB(O)[C@@H](CC(=O)CCC#N)C2.CCCCOC(=O)c1cccc2c1OB(O)[C@@H](CC(=O)CCC#N)C2.CCCOC(=O)c1cccc2c1OB(O)[C@@H](CC(=O)CCC#N)C2.CCOC(=O)c1cccc2c1OB(O)[C@@H](CC(=O)CCC#N)C2.COC(=O)c1cccc2c1OB(O)[C@@H](CC(=O)CCC#N)C2. The summed E-state index contributed by atoms with van der Waals surface area (Å²) in [6, 6.07) is 38.8. The number of esters is 5. The topological polar surface area (TPSA) is 584 Å². The van der Waals surface area contributed by atoms with Crippen LogP contribution in [0.4, 0.5) is 0 Å². The van der Waals surface area contributed by atoms with Gasteiger partial charge in [0.2, 0.25) is 0 Å². The molecule has 746 valence electrons. The maximum atomic E-state index is 12.2. The molecule has 6 atom stereocenters. The van der Waals surface area contributed by atoms with Crippen LogP contribution in [0.2, 0.25) is 34.9 Å². The van der Waals surface area contributed by atoms with Gasteiger partial charge in [-0.05, 0) is 147 Å². The molecule has 0 amide bonds. The minimum absolute atomic E-state index is 0.0444. The number of carbonyl (C=O) groups excluding carboxylic acids is 12. The summed E-state index contributed by atoms with van der Waals surface area (Å²) < 4.78 is 58.2. The lowest BCUT2D eigenvalue weighted by Gasteiger charge is -2.28. The van der Waals surface area contributed by atoms with Gasteiger partial charge in [-0.25, -0.2) is 28.8 Å². The molecule has 0 saturated heterocycles. The van der Waals surface area contributed by atoms with Gasteiger partial charge in [-0.2, -0.15) is 26.3 Å². The van der Waals surface area contributed by atoms with Crippen LogP contribution in [0.1, 0.15) is 277 Å². The quantitative estimate of drug-likeness (QED) is 0.00815.